The molecule has 2 aromatic carbocycles. The second kappa shape index (κ2) is 3.87. The van der Waals surface area contributed by atoms with Gasteiger partial charge in [-0.3, -0.25) is 0 Å². The second-order valence-corrected chi connectivity index (χ2v) is 4.92. The number of rotatable bonds is 1. The minimum absolute atomic E-state index is 0.0150. The van der Waals surface area contributed by atoms with Crippen LogP contribution in [0.15, 0.2) is 36.4 Å². The monoisotopic (exact) mass is 290 g/mol. The van der Waals surface area contributed by atoms with Crippen LogP contribution < -0.4 is 11.5 Å². The van der Waals surface area contributed by atoms with Crippen LogP contribution in [-0.4, -0.2) is 22.9 Å². The summed E-state index contributed by atoms with van der Waals surface area (Å²) in [7, 11) is 0. The molecule has 3 rings (SSSR count). The Labute approximate surface area is 104 Å². The van der Waals surface area contributed by atoms with Gasteiger partial charge >= 0.3 is 104 Å². The van der Waals surface area contributed by atoms with E-state index in [-0.39, 0.29) is 15.0 Å². The van der Waals surface area contributed by atoms with Gasteiger partial charge in [0.25, 0.3) is 0 Å². The molecule has 0 aliphatic carbocycles. The molecule has 3 aromatic rings. The van der Waals surface area contributed by atoms with Gasteiger partial charge in [0.15, 0.2) is 0 Å². The van der Waals surface area contributed by atoms with Crippen molar-refractivity contribution in [3.05, 3.63) is 36.4 Å². The van der Waals surface area contributed by atoms with Crippen LogP contribution in [0.1, 0.15) is 0 Å². The standard InChI is InChI=1S/C12H10N4Se/c13-9-3-1-7(5-10(9)14)8-2-4-11-12(6-8)16-17-15-11/h1-6H,13-14H2. The van der Waals surface area contributed by atoms with E-state index in [1.807, 2.05) is 36.4 Å². The van der Waals surface area contributed by atoms with E-state index in [4.69, 9.17) is 11.5 Å². The van der Waals surface area contributed by atoms with Crippen molar-refractivity contribution in [3.63, 3.8) is 0 Å². The summed E-state index contributed by atoms with van der Waals surface area (Å²) in [4.78, 5) is 0. The molecule has 0 saturated carbocycles. The Bertz CT molecular complexity index is 690. The molecule has 0 aliphatic rings. The van der Waals surface area contributed by atoms with Gasteiger partial charge < -0.3 is 0 Å². The number of hydrogen-bond donors (Lipinski definition) is 2. The molecule has 0 bridgehead atoms. The van der Waals surface area contributed by atoms with Gasteiger partial charge in [-0.2, -0.15) is 0 Å². The third-order valence-corrected chi connectivity index (χ3v) is 3.84. The summed E-state index contributed by atoms with van der Waals surface area (Å²) in [6.45, 7) is 0. The van der Waals surface area contributed by atoms with Crippen LogP contribution in [0.5, 0.6) is 0 Å². The first-order valence-electron chi connectivity index (χ1n) is 5.12. The summed E-state index contributed by atoms with van der Waals surface area (Å²) in [5, 5.41) is 0. The average molecular weight is 289 g/mol. The molecular formula is C12H10N4Se. The summed E-state index contributed by atoms with van der Waals surface area (Å²) < 4.78 is 8.68. The van der Waals surface area contributed by atoms with E-state index in [0.717, 1.165) is 22.2 Å². The summed E-state index contributed by atoms with van der Waals surface area (Å²) in [6.07, 6.45) is 0. The summed E-state index contributed by atoms with van der Waals surface area (Å²) in [5.74, 6) is 0. The zero-order valence-electron chi connectivity index (χ0n) is 8.92. The molecule has 0 radical (unpaired) electrons. The molecular weight excluding hydrogens is 279 g/mol. The van der Waals surface area contributed by atoms with E-state index < -0.39 is 0 Å². The number of fused-ring (bicyclic) bond motifs is 1. The normalized spacial score (nSPS) is 10.8. The van der Waals surface area contributed by atoms with Gasteiger partial charge in [-0.05, 0) is 0 Å². The van der Waals surface area contributed by atoms with Crippen LogP contribution in [-0.2, 0) is 0 Å². The molecule has 5 heteroatoms. The van der Waals surface area contributed by atoms with Gasteiger partial charge in [-0.15, -0.1) is 0 Å². The SMILES string of the molecule is Nc1ccc(-c2ccc3n[se]nc3c2)cc1N. The third-order valence-electron chi connectivity index (χ3n) is 2.67. The fourth-order valence-corrected chi connectivity index (χ4v) is 2.80. The molecule has 0 amide bonds. The van der Waals surface area contributed by atoms with Gasteiger partial charge in [-0.25, -0.2) is 0 Å². The fraction of sp³-hybridized carbons (Fsp3) is 0. The van der Waals surface area contributed by atoms with E-state index in [2.05, 4.69) is 7.96 Å². The van der Waals surface area contributed by atoms with Crippen molar-refractivity contribution in [1.82, 2.24) is 7.96 Å². The molecule has 0 atom stereocenters. The van der Waals surface area contributed by atoms with Crippen LogP contribution in [0, 0.1) is 0 Å². The molecule has 17 heavy (non-hydrogen) atoms. The topological polar surface area (TPSA) is 77.8 Å². The first-order chi connectivity index (χ1) is 8.24. The first kappa shape index (κ1) is 10.3. The predicted octanol–water partition coefficient (Wildman–Crippen LogP) is 1.52. The average Bonchev–Trinajstić information content (AvgIpc) is 2.79. The number of hydrogen-bond acceptors (Lipinski definition) is 4. The Balaban J connectivity index is 2.16. The van der Waals surface area contributed by atoms with E-state index in [9.17, 15) is 0 Å². The van der Waals surface area contributed by atoms with E-state index in [0.29, 0.717) is 11.4 Å². The molecule has 4 nitrogen and oxygen atoms in total. The van der Waals surface area contributed by atoms with Crippen LogP contribution in [0.4, 0.5) is 11.4 Å². The molecule has 1 aromatic heterocycles. The van der Waals surface area contributed by atoms with Crippen molar-refractivity contribution in [2.24, 2.45) is 0 Å². The summed E-state index contributed by atoms with van der Waals surface area (Å²) in [5.41, 5.74) is 16.8. The number of benzene rings is 2. The number of nitrogens with zero attached hydrogens (tertiary/aromatic N) is 2. The number of aromatic nitrogens is 2. The molecule has 0 fully saturated rings. The van der Waals surface area contributed by atoms with Crippen LogP contribution in [0.2, 0.25) is 0 Å². The van der Waals surface area contributed by atoms with E-state index in [1.165, 1.54) is 0 Å². The van der Waals surface area contributed by atoms with Crippen LogP contribution in [0.25, 0.3) is 22.2 Å². The molecule has 0 saturated heterocycles. The number of anilines is 2. The first-order valence-corrected chi connectivity index (χ1v) is 6.65. The van der Waals surface area contributed by atoms with Crippen LogP contribution >= 0.6 is 0 Å². The van der Waals surface area contributed by atoms with Crippen LogP contribution in [0.3, 0.4) is 0 Å². The zero-order valence-corrected chi connectivity index (χ0v) is 10.6. The second-order valence-electron chi connectivity index (χ2n) is 3.81. The van der Waals surface area contributed by atoms with E-state index >= 15 is 0 Å². The van der Waals surface area contributed by atoms with Crippen molar-refractivity contribution >= 4 is 37.4 Å². The zero-order chi connectivity index (χ0) is 11.8. The Kier molecular flexibility index (Phi) is 2.35. The Hall–Kier alpha value is -1.84. The Morgan fingerprint density at radius 2 is 1.47 bits per heavy atom. The number of nitrogens with two attached hydrogens (primary N) is 2. The molecule has 0 spiro atoms. The van der Waals surface area contributed by atoms with Crippen molar-refractivity contribution in [3.8, 4) is 11.1 Å². The Morgan fingerprint density at radius 3 is 2.29 bits per heavy atom. The molecule has 0 aliphatic heterocycles. The maximum absolute atomic E-state index is 5.81. The number of nitrogen functional groups attached to an aromatic ring is 2. The minimum atomic E-state index is 0.0150. The fourth-order valence-electron chi connectivity index (χ4n) is 1.72. The van der Waals surface area contributed by atoms with E-state index in [1.54, 1.807) is 0 Å². The summed E-state index contributed by atoms with van der Waals surface area (Å²) >= 11 is 0.0150. The molecule has 0 unspecified atom stereocenters. The van der Waals surface area contributed by atoms with Gasteiger partial charge in [0.2, 0.25) is 0 Å². The third kappa shape index (κ3) is 1.79. The van der Waals surface area contributed by atoms with Gasteiger partial charge in [-0.1, -0.05) is 0 Å². The molecule has 84 valence electrons. The van der Waals surface area contributed by atoms with Crippen molar-refractivity contribution in [2.75, 3.05) is 11.5 Å². The van der Waals surface area contributed by atoms with Crippen molar-refractivity contribution in [1.29, 1.82) is 0 Å². The maximum atomic E-state index is 5.81. The van der Waals surface area contributed by atoms with Gasteiger partial charge in [0, 0.05) is 0 Å². The molecule has 4 N–H and O–H groups in total. The predicted molar refractivity (Wildman–Crippen MR) is 70.7 cm³/mol. The van der Waals surface area contributed by atoms with Gasteiger partial charge in [0.05, 0.1) is 0 Å². The summed E-state index contributed by atoms with van der Waals surface area (Å²) in [6, 6.07) is 11.7. The van der Waals surface area contributed by atoms with Crippen molar-refractivity contribution in [2.45, 2.75) is 0 Å². The Morgan fingerprint density at radius 1 is 0.765 bits per heavy atom. The van der Waals surface area contributed by atoms with Crippen molar-refractivity contribution < 1.29 is 0 Å². The molecule has 1 heterocycles. The quantitative estimate of drug-likeness (QED) is 0.526. The van der Waals surface area contributed by atoms with Gasteiger partial charge in [0.1, 0.15) is 0 Å².